The molecule has 3 aromatic carbocycles. The van der Waals surface area contributed by atoms with E-state index in [9.17, 15) is 14.8 Å². The highest BCUT2D eigenvalue weighted by Gasteiger charge is 2.34. The van der Waals surface area contributed by atoms with Crippen LogP contribution in [0.2, 0.25) is 0 Å². The van der Waals surface area contributed by atoms with Crippen LogP contribution in [-0.2, 0) is 17.8 Å². The smallest absolute Gasteiger partial charge is 0.414 e. The van der Waals surface area contributed by atoms with E-state index < -0.39 is 0 Å². The van der Waals surface area contributed by atoms with E-state index >= 15 is 0 Å². The number of nitrogens with zero attached hydrogens (tertiary/aromatic N) is 2. The molecule has 0 saturated carbocycles. The Kier molecular flexibility index (Phi) is 7.67. The highest BCUT2D eigenvalue weighted by atomic mass is 16.6. The molecular weight excluding hydrogens is 468 g/mol. The number of cyclic esters (lactones) is 1. The van der Waals surface area contributed by atoms with Gasteiger partial charge in [0.1, 0.15) is 12.3 Å². The van der Waals surface area contributed by atoms with Crippen molar-refractivity contribution >= 4 is 29.1 Å². The van der Waals surface area contributed by atoms with Gasteiger partial charge in [-0.25, -0.2) is 10.0 Å². The number of aryl methyl sites for hydroxylation is 1. The first-order valence-electron chi connectivity index (χ1n) is 12.9. The molecule has 0 atom stereocenters. The van der Waals surface area contributed by atoms with E-state index in [0.717, 1.165) is 61.2 Å². The number of carbonyl (C=O) groups excluding carboxylic acids is 2. The van der Waals surface area contributed by atoms with Crippen LogP contribution in [0, 0.1) is 0 Å². The Labute approximate surface area is 216 Å². The van der Waals surface area contributed by atoms with Crippen LogP contribution in [0.4, 0.5) is 21.9 Å². The minimum absolute atomic E-state index is 0.0488. The monoisotopic (exact) mass is 501 g/mol. The van der Waals surface area contributed by atoms with Gasteiger partial charge in [0.25, 0.3) is 5.91 Å². The number of nitrogens with one attached hydrogen (secondary N) is 1. The molecule has 8 heteroatoms. The van der Waals surface area contributed by atoms with Crippen molar-refractivity contribution in [3.8, 4) is 0 Å². The summed E-state index contributed by atoms with van der Waals surface area (Å²) >= 11 is 0. The Morgan fingerprint density at radius 3 is 2.54 bits per heavy atom. The Morgan fingerprint density at radius 1 is 1.00 bits per heavy atom. The second-order valence-corrected chi connectivity index (χ2v) is 9.52. The van der Waals surface area contributed by atoms with Gasteiger partial charge in [-0.05, 0) is 49.4 Å². The van der Waals surface area contributed by atoms with Crippen LogP contribution in [0.3, 0.4) is 0 Å². The van der Waals surface area contributed by atoms with Crippen molar-refractivity contribution in [1.29, 1.82) is 0 Å². The van der Waals surface area contributed by atoms with Crippen LogP contribution >= 0.6 is 0 Å². The van der Waals surface area contributed by atoms with E-state index in [1.807, 2.05) is 48.5 Å². The van der Waals surface area contributed by atoms with Gasteiger partial charge in [-0.15, -0.1) is 0 Å². The molecule has 1 fully saturated rings. The predicted molar refractivity (Wildman–Crippen MR) is 141 cm³/mol. The number of carbonyl (C=O) groups is 2. The lowest BCUT2D eigenvalue weighted by Crippen LogP contribution is -2.74. The number of benzene rings is 3. The van der Waals surface area contributed by atoms with Gasteiger partial charge in [-0.3, -0.25) is 9.69 Å². The van der Waals surface area contributed by atoms with Crippen LogP contribution < -0.4 is 20.6 Å². The molecule has 2 amide bonds. The number of hydrogen-bond donors (Lipinski definition) is 3. The van der Waals surface area contributed by atoms with Gasteiger partial charge in [-0.1, -0.05) is 48.5 Å². The van der Waals surface area contributed by atoms with E-state index in [-0.39, 0.29) is 18.0 Å². The minimum Gasteiger partial charge on any atom is -0.444 e. The first-order chi connectivity index (χ1) is 18.1. The molecule has 3 aromatic rings. The number of anilines is 2. The molecule has 1 saturated heterocycles. The number of amides is 2. The lowest BCUT2D eigenvalue weighted by atomic mass is 9.99. The highest BCUT2D eigenvalue weighted by molar-refractivity contribution is 5.95. The van der Waals surface area contributed by atoms with Crippen molar-refractivity contribution in [2.75, 3.05) is 29.4 Å². The second-order valence-electron chi connectivity index (χ2n) is 9.52. The van der Waals surface area contributed by atoms with Crippen molar-refractivity contribution in [3.63, 3.8) is 0 Å². The molecular formula is C29H33N4O4+. The quantitative estimate of drug-likeness (QED) is 0.248. The first-order valence-corrected chi connectivity index (χ1v) is 12.9. The second kappa shape index (κ2) is 11.5. The van der Waals surface area contributed by atoms with Crippen molar-refractivity contribution < 1.29 is 25.0 Å². The third-order valence-corrected chi connectivity index (χ3v) is 7.17. The van der Waals surface area contributed by atoms with Gasteiger partial charge >= 0.3 is 6.09 Å². The summed E-state index contributed by atoms with van der Waals surface area (Å²) in [5.41, 5.74) is 6.28. The van der Waals surface area contributed by atoms with Crippen LogP contribution in [-0.4, -0.2) is 42.9 Å². The number of para-hydroxylation sites is 1. The number of hydrogen-bond acceptors (Lipinski definition) is 5. The maximum Gasteiger partial charge on any atom is 0.414 e. The van der Waals surface area contributed by atoms with Crippen LogP contribution in [0.15, 0.2) is 72.8 Å². The molecule has 2 aliphatic rings. The fraction of sp³-hybridized carbons (Fsp3) is 0.310. The van der Waals surface area contributed by atoms with Gasteiger partial charge in [-0.2, -0.15) is 5.48 Å². The summed E-state index contributed by atoms with van der Waals surface area (Å²) in [6.45, 7) is 2.35. The van der Waals surface area contributed by atoms with Gasteiger partial charge in [0.15, 0.2) is 5.69 Å². The molecule has 0 spiro atoms. The van der Waals surface area contributed by atoms with E-state index in [4.69, 9.17) is 4.74 Å². The van der Waals surface area contributed by atoms with Crippen molar-refractivity contribution in [3.05, 3.63) is 89.5 Å². The number of piperidine rings is 1. The number of nitrogens with two attached hydrogens (primary N) is 1. The molecule has 5 rings (SSSR count). The van der Waals surface area contributed by atoms with Gasteiger partial charge < -0.3 is 15.0 Å². The standard InChI is InChI=1S/C29H32N4O4/c34-28(30-16-6-9-21-7-2-1-3-8-21)22-12-13-27(25(19-22)31-36)32-17-14-24(15-18-32)33-26-11-5-4-10-23(26)20-37-29(33)35/h1-5,7-8,10-13,19,24,31,36H,6,9,14-18,20H2,(H,30,34)/p+1. The summed E-state index contributed by atoms with van der Waals surface area (Å²) in [6, 6.07) is 23.6. The van der Waals surface area contributed by atoms with Crippen LogP contribution in [0.5, 0.6) is 0 Å². The van der Waals surface area contributed by atoms with Crippen molar-refractivity contribution in [2.24, 2.45) is 0 Å². The minimum atomic E-state index is -0.291. The Balaban J connectivity index is 1.18. The number of rotatable bonds is 8. The summed E-state index contributed by atoms with van der Waals surface area (Å²) in [5.74, 6) is -0.149. The molecule has 0 aliphatic carbocycles. The third-order valence-electron chi connectivity index (χ3n) is 7.17. The third kappa shape index (κ3) is 5.60. The molecule has 0 radical (unpaired) electrons. The van der Waals surface area contributed by atoms with Gasteiger partial charge in [0.2, 0.25) is 0 Å². The summed E-state index contributed by atoms with van der Waals surface area (Å²) < 4.78 is 5.41. The molecule has 8 nitrogen and oxygen atoms in total. The zero-order valence-electron chi connectivity index (χ0n) is 20.8. The summed E-state index contributed by atoms with van der Waals surface area (Å²) in [5, 5.41) is 12.9. The molecule has 2 aliphatic heterocycles. The molecule has 0 unspecified atom stereocenters. The summed E-state index contributed by atoms with van der Waals surface area (Å²) in [4.78, 5) is 29.3. The van der Waals surface area contributed by atoms with Gasteiger partial charge in [0.05, 0.1) is 5.69 Å². The highest BCUT2D eigenvalue weighted by Crippen LogP contribution is 2.33. The Morgan fingerprint density at radius 2 is 1.76 bits per heavy atom. The Hall–Kier alpha value is -3.88. The average Bonchev–Trinajstić information content (AvgIpc) is 2.95. The maximum absolute atomic E-state index is 12.7. The predicted octanol–water partition coefficient (Wildman–Crippen LogP) is 3.76. The zero-order valence-corrected chi connectivity index (χ0v) is 20.8. The molecule has 0 aromatic heterocycles. The molecule has 192 valence electrons. The van der Waals surface area contributed by atoms with E-state index in [1.54, 1.807) is 17.0 Å². The fourth-order valence-electron chi connectivity index (χ4n) is 5.21. The van der Waals surface area contributed by atoms with Crippen molar-refractivity contribution in [1.82, 2.24) is 5.32 Å². The number of quaternary nitrogens is 1. The number of fused-ring (bicyclic) bond motifs is 1. The lowest BCUT2D eigenvalue weighted by Gasteiger charge is -2.40. The lowest BCUT2D eigenvalue weighted by molar-refractivity contribution is -0.825. The van der Waals surface area contributed by atoms with Crippen molar-refractivity contribution in [2.45, 2.75) is 38.3 Å². The van der Waals surface area contributed by atoms with E-state index in [0.29, 0.717) is 24.4 Å². The van der Waals surface area contributed by atoms with Gasteiger partial charge in [0, 0.05) is 42.9 Å². The fourth-order valence-corrected chi connectivity index (χ4v) is 5.21. The van der Waals surface area contributed by atoms with Crippen LogP contribution in [0.1, 0.15) is 40.7 Å². The SMILES string of the molecule is O=C(NCCCc1ccccc1)c1ccc(N2CCC(N3C(=O)OCc4ccccc43)CC2)c([NH2+]O)c1. The molecule has 0 bridgehead atoms. The molecule has 4 N–H and O–H groups in total. The Bertz CT molecular complexity index is 1240. The zero-order chi connectivity index (χ0) is 25.6. The van der Waals surface area contributed by atoms with Crippen LogP contribution in [0.25, 0.3) is 0 Å². The van der Waals surface area contributed by atoms with E-state index in [2.05, 4.69) is 22.3 Å². The first kappa shape index (κ1) is 24.8. The summed E-state index contributed by atoms with van der Waals surface area (Å²) in [7, 11) is 0. The topological polar surface area (TPSA) is 98.7 Å². The molecule has 2 heterocycles. The summed E-state index contributed by atoms with van der Waals surface area (Å²) in [6.07, 6.45) is 3.03. The van der Waals surface area contributed by atoms with E-state index in [1.165, 1.54) is 5.56 Å². The number of ether oxygens (including phenoxy) is 1. The maximum atomic E-state index is 12.7. The molecule has 37 heavy (non-hydrogen) atoms. The largest absolute Gasteiger partial charge is 0.444 e. The normalized spacial score (nSPS) is 15.8. The average molecular weight is 502 g/mol.